The minimum absolute atomic E-state index is 0. The van der Waals surface area contributed by atoms with E-state index in [1.165, 1.54) is 0 Å². The molecule has 1 saturated heterocycles. The standard InChI is InChI=1S/C30H33ClN6O3.ClH/c1-2-40-28(38)11-6-15-32-23-12-16-36(17-13-23)27-10-4-3-9-25(27)35-30(39)26-14-18-37-29(34-26)24(20-33-37)21-7-5-8-22(31)19-21;/h3-5,7-10,14,18-20,23,32H,2,6,11-13,15-17H2,1H3,(H,35,39);1H. The number of ether oxygens (including phenoxy) is 1. The van der Waals surface area contributed by atoms with Gasteiger partial charge >= 0.3 is 5.97 Å². The van der Waals surface area contributed by atoms with Gasteiger partial charge in [0, 0.05) is 42.3 Å². The Balaban J connectivity index is 0.00000387. The topological polar surface area (TPSA) is 101 Å². The Morgan fingerprint density at radius 2 is 1.90 bits per heavy atom. The molecule has 9 nitrogen and oxygen atoms in total. The van der Waals surface area contributed by atoms with Crippen LogP contribution in [-0.2, 0) is 9.53 Å². The lowest BCUT2D eigenvalue weighted by Gasteiger charge is -2.35. The second kappa shape index (κ2) is 14.3. The number of carbonyl (C=O) groups excluding carboxylic acids is 2. The van der Waals surface area contributed by atoms with Crippen molar-refractivity contribution in [2.45, 2.75) is 38.6 Å². The Hall–Kier alpha value is -3.66. The number of rotatable bonds is 10. The summed E-state index contributed by atoms with van der Waals surface area (Å²) in [6, 6.07) is 17.4. The largest absolute Gasteiger partial charge is 0.466 e. The monoisotopic (exact) mass is 596 g/mol. The minimum atomic E-state index is -0.286. The molecular weight excluding hydrogens is 563 g/mol. The Morgan fingerprint density at radius 3 is 2.68 bits per heavy atom. The zero-order chi connectivity index (χ0) is 27.9. The number of anilines is 2. The molecule has 1 amide bonds. The van der Waals surface area contributed by atoms with Crippen LogP contribution >= 0.6 is 24.0 Å². The van der Waals surface area contributed by atoms with Crippen LogP contribution in [0.4, 0.5) is 11.4 Å². The van der Waals surface area contributed by atoms with E-state index in [0.29, 0.717) is 35.4 Å². The molecule has 0 radical (unpaired) electrons. The van der Waals surface area contributed by atoms with E-state index in [-0.39, 0.29) is 24.3 Å². The number of halogens is 2. The van der Waals surface area contributed by atoms with Crippen molar-refractivity contribution < 1.29 is 14.3 Å². The summed E-state index contributed by atoms with van der Waals surface area (Å²) in [5.41, 5.74) is 4.31. The molecule has 0 aliphatic carbocycles. The molecule has 3 heterocycles. The summed E-state index contributed by atoms with van der Waals surface area (Å²) < 4.78 is 6.64. The van der Waals surface area contributed by atoms with Gasteiger partial charge in [0.2, 0.25) is 0 Å². The number of carbonyl (C=O) groups is 2. The molecule has 0 saturated carbocycles. The van der Waals surface area contributed by atoms with Crippen molar-refractivity contribution in [2.75, 3.05) is 36.5 Å². The number of amides is 1. The third-order valence-corrected chi connectivity index (χ3v) is 7.26. The first-order chi connectivity index (χ1) is 19.5. The molecule has 41 heavy (non-hydrogen) atoms. The third kappa shape index (κ3) is 7.55. The van der Waals surface area contributed by atoms with Gasteiger partial charge < -0.3 is 20.3 Å². The average Bonchev–Trinajstić information content (AvgIpc) is 3.40. The van der Waals surface area contributed by atoms with Gasteiger partial charge in [-0.3, -0.25) is 9.59 Å². The van der Waals surface area contributed by atoms with Gasteiger partial charge in [0.1, 0.15) is 5.69 Å². The van der Waals surface area contributed by atoms with Crippen LogP contribution in [0.3, 0.4) is 0 Å². The van der Waals surface area contributed by atoms with Gasteiger partial charge in [0.15, 0.2) is 5.65 Å². The molecule has 2 N–H and O–H groups in total. The summed E-state index contributed by atoms with van der Waals surface area (Å²) in [6.45, 7) is 4.78. The van der Waals surface area contributed by atoms with E-state index in [2.05, 4.69) is 25.6 Å². The van der Waals surface area contributed by atoms with Crippen molar-refractivity contribution in [2.24, 2.45) is 0 Å². The van der Waals surface area contributed by atoms with Crippen molar-refractivity contribution >= 4 is 52.9 Å². The van der Waals surface area contributed by atoms with Crippen LogP contribution < -0.4 is 15.5 Å². The number of para-hydroxylation sites is 2. The lowest BCUT2D eigenvalue weighted by Crippen LogP contribution is -2.43. The van der Waals surface area contributed by atoms with Crippen LogP contribution in [0.25, 0.3) is 16.8 Å². The van der Waals surface area contributed by atoms with E-state index in [9.17, 15) is 9.59 Å². The van der Waals surface area contributed by atoms with Crippen LogP contribution in [0.5, 0.6) is 0 Å². The van der Waals surface area contributed by atoms with E-state index in [1.54, 1.807) is 23.0 Å². The number of nitrogens with zero attached hydrogens (tertiary/aromatic N) is 4. The molecule has 4 aromatic rings. The first-order valence-corrected chi connectivity index (χ1v) is 14.0. The van der Waals surface area contributed by atoms with E-state index >= 15 is 0 Å². The highest BCUT2D eigenvalue weighted by Crippen LogP contribution is 2.29. The van der Waals surface area contributed by atoms with Crippen molar-refractivity contribution in [1.29, 1.82) is 0 Å². The van der Waals surface area contributed by atoms with E-state index < -0.39 is 0 Å². The quantitative estimate of drug-likeness (QED) is 0.181. The van der Waals surface area contributed by atoms with Gasteiger partial charge in [0.05, 0.1) is 24.2 Å². The maximum absolute atomic E-state index is 13.3. The fraction of sp³-hybridized carbons (Fsp3) is 0.333. The van der Waals surface area contributed by atoms with E-state index in [1.807, 2.05) is 55.5 Å². The van der Waals surface area contributed by atoms with E-state index in [4.69, 9.17) is 16.3 Å². The molecule has 5 rings (SSSR count). The fourth-order valence-electron chi connectivity index (χ4n) is 4.99. The Bertz CT molecular complexity index is 1490. The number of benzene rings is 2. The molecule has 2 aromatic heterocycles. The highest BCUT2D eigenvalue weighted by Gasteiger charge is 2.22. The number of aromatic nitrogens is 3. The molecular formula is C30H34Cl2N6O3. The van der Waals surface area contributed by atoms with Gasteiger partial charge in [-0.05, 0) is 68.6 Å². The molecule has 216 valence electrons. The molecule has 1 fully saturated rings. The molecule has 1 aliphatic heterocycles. The molecule has 0 spiro atoms. The van der Waals surface area contributed by atoms with Crippen LogP contribution in [-0.4, -0.2) is 58.8 Å². The molecule has 0 atom stereocenters. The van der Waals surface area contributed by atoms with Gasteiger partial charge in [-0.2, -0.15) is 5.10 Å². The van der Waals surface area contributed by atoms with Crippen molar-refractivity contribution in [3.8, 4) is 11.1 Å². The van der Waals surface area contributed by atoms with Gasteiger partial charge in [-0.1, -0.05) is 35.9 Å². The molecule has 0 bridgehead atoms. The Morgan fingerprint density at radius 1 is 1.10 bits per heavy atom. The second-order valence-corrected chi connectivity index (χ2v) is 10.2. The van der Waals surface area contributed by atoms with Gasteiger partial charge in [0.25, 0.3) is 5.91 Å². The first kappa shape index (κ1) is 30.3. The number of esters is 1. The van der Waals surface area contributed by atoms with Crippen LogP contribution in [0.2, 0.25) is 5.02 Å². The summed E-state index contributed by atoms with van der Waals surface area (Å²) in [5.74, 6) is -0.425. The number of fused-ring (bicyclic) bond motifs is 1. The van der Waals surface area contributed by atoms with Gasteiger partial charge in [-0.25, -0.2) is 9.50 Å². The summed E-state index contributed by atoms with van der Waals surface area (Å²) in [4.78, 5) is 31.8. The zero-order valence-electron chi connectivity index (χ0n) is 22.9. The predicted octanol–water partition coefficient (Wildman–Crippen LogP) is 5.63. The smallest absolute Gasteiger partial charge is 0.305 e. The van der Waals surface area contributed by atoms with Crippen molar-refractivity contribution in [3.05, 3.63) is 77.7 Å². The lowest BCUT2D eigenvalue weighted by molar-refractivity contribution is -0.143. The highest BCUT2D eigenvalue weighted by atomic mass is 35.5. The predicted molar refractivity (Wildman–Crippen MR) is 164 cm³/mol. The van der Waals surface area contributed by atoms with Crippen LogP contribution in [0, 0.1) is 0 Å². The molecule has 0 unspecified atom stereocenters. The maximum atomic E-state index is 13.3. The van der Waals surface area contributed by atoms with Crippen LogP contribution in [0.1, 0.15) is 43.1 Å². The summed E-state index contributed by atoms with van der Waals surface area (Å²) in [5, 5.41) is 11.6. The number of hydrogen-bond acceptors (Lipinski definition) is 7. The SMILES string of the molecule is CCOC(=O)CCCNC1CCN(c2ccccc2NC(=O)c2ccn3ncc(-c4cccc(Cl)c4)c3n2)CC1.Cl. The molecule has 11 heteroatoms. The summed E-state index contributed by atoms with van der Waals surface area (Å²) in [6.07, 6.45) is 6.64. The minimum Gasteiger partial charge on any atom is -0.466 e. The zero-order valence-corrected chi connectivity index (χ0v) is 24.5. The maximum Gasteiger partial charge on any atom is 0.305 e. The first-order valence-electron chi connectivity index (χ1n) is 13.7. The molecule has 1 aliphatic rings. The van der Waals surface area contributed by atoms with Crippen molar-refractivity contribution in [1.82, 2.24) is 19.9 Å². The summed E-state index contributed by atoms with van der Waals surface area (Å²) in [7, 11) is 0. The van der Waals surface area contributed by atoms with E-state index in [0.717, 1.165) is 61.4 Å². The lowest BCUT2D eigenvalue weighted by atomic mass is 10.0. The number of piperidine rings is 1. The number of hydrogen-bond donors (Lipinski definition) is 2. The Labute approximate surface area is 250 Å². The Kier molecular flexibility index (Phi) is 10.6. The van der Waals surface area contributed by atoms with Gasteiger partial charge in [-0.15, -0.1) is 12.4 Å². The number of nitrogens with one attached hydrogen (secondary N) is 2. The fourth-order valence-corrected chi connectivity index (χ4v) is 5.18. The average molecular weight is 598 g/mol. The van der Waals surface area contributed by atoms with Crippen LogP contribution in [0.15, 0.2) is 67.0 Å². The normalized spacial score (nSPS) is 13.6. The molecule has 2 aromatic carbocycles. The third-order valence-electron chi connectivity index (χ3n) is 7.02. The second-order valence-electron chi connectivity index (χ2n) is 9.74. The highest BCUT2D eigenvalue weighted by molar-refractivity contribution is 6.30. The van der Waals surface area contributed by atoms with Crippen molar-refractivity contribution in [3.63, 3.8) is 0 Å². The summed E-state index contributed by atoms with van der Waals surface area (Å²) >= 11 is 6.19.